The molecule has 4 N–H and O–H groups in total. The molecule has 2 aromatic rings. The van der Waals surface area contributed by atoms with Crippen molar-refractivity contribution in [3.05, 3.63) is 48.0 Å². The van der Waals surface area contributed by atoms with Crippen LogP contribution in [-0.2, 0) is 16.0 Å². The minimum Gasteiger partial charge on any atom is -0.481 e. The van der Waals surface area contributed by atoms with Gasteiger partial charge in [0.05, 0.1) is 5.92 Å². The first-order chi connectivity index (χ1) is 9.99. The maximum absolute atomic E-state index is 11.3. The van der Waals surface area contributed by atoms with Crippen LogP contribution in [0.2, 0.25) is 0 Å². The Morgan fingerprint density at radius 3 is 2.33 bits per heavy atom. The Hall–Kier alpha value is -2.40. The van der Waals surface area contributed by atoms with Gasteiger partial charge >= 0.3 is 11.9 Å². The third kappa shape index (κ3) is 3.58. The Labute approximate surface area is 122 Å². The van der Waals surface area contributed by atoms with Crippen molar-refractivity contribution >= 4 is 22.7 Å². The number of carboxylic acid groups (broad SMARTS) is 2. The van der Waals surface area contributed by atoms with Crippen LogP contribution >= 0.6 is 0 Å². The lowest BCUT2D eigenvalue weighted by molar-refractivity contribution is -0.143. The van der Waals surface area contributed by atoms with Crippen LogP contribution in [0.3, 0.4) is 0 Å². The molecular formula is C16H17NO4. The van der Waals surface area contributed by atoms with Gasteiger partial charge in [-0.1, -0.05) is 42.5 Å². The highest BCUT2D eigenvalue weighted by atomic mass is 16.4. The van der Waals surface area contributed by atoms with E-state index in [-0.39, 0.29) is 12.8 Å². The highest BCUT2D eigenvalue weighted by molar-refractivity contribution is 5.86. The van der Waals surface area contributed by atoms with Gasteiger partial charge in [0.1, 0.15) is 6.04 Å². The molecule has 0 unspecified atom stereocenters. The molecular weight excluding hydrogens is 270 g/mol. The average Bonchev–Trinajstić information content (AvgIpc) is 2.46. The molecule has 0 aromatic heterocycles. The van der Waals surface area contributed by atoms with Gasteiger partial charge in [0.2, 0.25) is 0 Å². The van der Waals surface area contributed by atoms with E-state index in [1.54, 1.807) is 0 Å². The molecule has 0 aliphatic carbocycles. The predicted octanol–water partition coefficient (Wildman–Crippen LogP) is 1.89. The number of hydrogen-bond acceptors (Lipinski definition) is 3. The fourth-order valence-electron chi connectivity index (χ4n) is 2.41. The van der Waals surface area contributed by atoms with E-state index >= 15 is 0 Å². The summed E-state index contributed by atoms with van der Waals surface area (Å²) in [7, 11) is 0. The Morgan fingerprint density at radius 2 is 1.67 bits per heavy atom. The van der Waals surface area contributed by atoms with E-state index in [9.17, 15) is 14.7 Å². The summed E-state index contributed by atoms with van der Waals surface area (Å²) in [5.41, 5.74) is 6.35. The number of fused-ring (bicyclic) bond motifs is 1. The maximum Gasteiger partial charge on any atom is 0.320 e. The summed E-state index contributed by atoms with van der Waals surface area (Å²) in [5.74, 6) is -3.03. The molecule has 2 rings (SSSR count). The fourth-order valence-corrected chi connectivity index (χ4v) is 2.41. The summed E-state index contributed by atoms with van der Waals surface area (Å²) in [6.07, 6.45) is 0.172. The van der Waals surface area contributed by atoms with Gasteiger partial charge in [-0.05, 0) is 29.2 Å². The molecule has 0 heterocycles. The molecule has 5 nitrogen and oxygen atoms in total. The van der Waals surface area contributed by atoms with Gasteiger partial charge in [0.25, 0.3) is 0 Å². The summed E-state index contributed by atoms with van der Waals surface area (Å²) >= 11 is 0. The zero-order valence-electron chi connectivity index (χ0n) is 11.4. The van der Waals surface area contributed by atoms with Crippen molar-refractivity contribution in [3.63, 3.8) is 0 Å². The van der Waals surface area contributed by atoms with Crippen LogP contribution in [0.5, 0.6) is 0 Å². The third-order valence-corrected chi connectivity index (χ3v) is 3.55. The van der Waals surface area contributed by atoms with Crippen LogP contribution in [-0.4, -0.2) is 28.2 Å². The highest BCUT2D eigenvalue weighted by Crippen LogP contribution is 2.23. The van der Waals surface area contributed by atoms with Crippen molar-refractivity contribution in [2.75, 3.05) is 0 Å². The highest BCUT2D eigenvalue weighted by Gasteiger charge is 2.25. The average molecular weight is 287 g/mol. The molecule has 2 aromatic carbocycles. The van der Waals surface area contributed by atoms with Crippen molar-refractivity contribution in [2.45, 2.75) is 18.9 Å². The molecule has 0 saturated heterocycles. The largest absolute Gasteiger partial charge is 0.481 e. The van der Waals surface area contributed by atoms with E-state index in [1.165, 1.54) is 0 Å². The third-order valence-electron chi connectivity index (χ3n) is 3.55. The van der Waals surface area contributed by atoms with Gasteiger partial charge in [0, 0.05) is 0 Å². The number of carboxylic acids is 2. The lowest BCUT2D eigenvalue weighted by Crippen LogP contribution is -2.35. The monoisotopic (exact) mass is 287 g/mol. The van der Waals surface area contributed by atoms with Crippen LogP contribution in [0, 0.1) is 5.92 Å². The van der Waals surface area contributed by atoms with E-state index in [0.29, 0.717) is 0 Å². The SMILES string of the molecule is N[C@H](C[C@@H](Cc1cccc2ccccc12)C(=O)O)C(=O)O. The van der Waals surface area contributed by atoms with Crippen molar-refractivity contribution < 1.29 is 19.8 Å². The van der Waals surface area contributed by atoms with Gasteiger partial charge < -0.3 is 15.9 Å². The molecule has 5 heteroatoms. The zero-order valence-corrected chi connectivity index (χ0v) is 11.4. The van der Waals surface area contributed by atoms with Gasteiger partial charge in [-0.25, -0.2) is 0 Å². The molecule has 21 heavy (non-hydrogen) atoms. The topological polar surface area (TPSA) is 101 Å². The Kier molecular flexibility index (Phi) is 4.55. The lowest BCUT2D eigenvalue weighted by atomic mass is 9.90. The Bertz CT molecular complexity index is 663. The minimum absolute atomic E-state index is 0.0894. The number of nitrogens with two attached hydrogens (primary N) is 1. The number of rotatable bonds is 6. The second kappa shape index (κ2) is 6.37. The molecule has 0 fully saturated rings. The van der Waals surface area contributed by atoms with E-state index in [4.69, 9.17) is 10.8 Å². The fraction of sp³-hybridized carbons (Fsp3) is 0.250. The lowest BCUT2D eigenvalue weighted by Gasteiger charge is -2.16. The summed E-state index contributed by atoms with van der Waals surface area (Å²) in [6.45, 7) is 0. The van der Waals surface area contributed by atoms with Crippen molar-refractivity contribution in [1.82, 2.24) is 0 Å². The van der Waals surface area contributed by atoms with Crippen LogP contribution < -0.4 is 5.73 Å². The van der Waals surface area contributed by atoms with Gasteiger partial charge in [-0.15, -0.1) is 0 Å². The van der Waals surface area contributed by atoms with Gasteiger partial charge in [-0.3, -0.25) is 9.59 Å². The van der Waals surface area contributed by atoms with Crippen molar-refractivity contribution in [2.24, 2.45) is 11.7 Å². The molecule has 0 amide bonds. The molecule has 2 atom stereocenters. The number of benzene rings is 2. The van der Waals surface area contributed by atoms with E-state index in [1.807, 2.05) is 42.5 Å². The van der Waals surface area contributed by atoms with Crippen molar-refractivity contribution in [3.8, 4) is 0 Å². The van der Waals surface area contributed by atoms with E-state index < -0.39 is 23.9 Å². The smallest absolute Gasteiger partial charge is 0.320 e. The van der Waals surface area contributed by atoms with Crippen LogP contribution in [0.4, 0.5) is 0 Å². The molecule has 0 aliphatic heterocycles. The first-order valence-electron chi connectivity index (χ1n) is 6.67. The number of aliphatic carboxylic acids is 2. The van der Waals surface area contributed by atoms with Crippen LogP contribution in [0.25, 0.3) is 10.8 Å². The molecule has 0 aliphatic rings. The van der Waals surface area contributed by atoms with E-state index in [0.717, 1.165) is 16.3 Å². The van der Waals surface area contributed by atoms with Gasteiger partial charge in [0.15, 0.2) is 0 Å². The molecule has 110 valence electrons. The number of hydrogen-bond donors (Lipinski definition) is 3. The molecule has 0 spiro atoms. The summed E-state index contributed by atoms with van der Waals surface area (Å²) in [6, 6.07) is 12.2. The normalized spacial score (nSPS) is 13.8. The first-order valence-corrected chi connectivity index (χ1v) is 6.67. The van der Waals surface area contributed by atoms with E-state index in [2.05, 4.69) is 0 Å². The quantitative estimate of drug-likeness (QED) is 0.753. The van der Waals surface area contributed by atoms with Gasteiger partial charge in [-0.2, -0.15) is 0 Å². The second-order valence-electron chi connectivity index (χ2n) is 5.06. The summed E-state index contributed by atoms with van der Waals surface area (Å²) in [5, 5.41) is 20.1. The zero-order chi connectivity index (χ0) is 15.4. The standard InChI is InChI=1S/C16H17NO4/c17-14(16(20)21)9-12(15(18)19)8-11-6-3-5-10-4-1-2-7-13(10)11/h1-7,12,14H,8-9,17H2,(H,18,19)(H,20,21)/t12-,14-/m1/s1. The Balaban J connectivity index is 2.27. The Morgan fingerprint density at radius 1 is 1.00 bits per heavy atom. The predicted molar refractivity (Wildman–Crippen MR) is 79.0 cm³/mol. The summed E-state index contributed by atoms with van der Waals surface area (Å²) < 4.78 is 0. The number of carbonyl (C=O) groups is 2. The minimum atomic E-state index is -1.18. The van der Waals surface area contributed by atoms with Crippen molar-refractivity contribution in [1.29, 1.82) is 0 Å². The molecule has 0 bridgehead atoms. The molecule has 0 saturated carbocycles. The van der Waals surface area contributed by atoms with Crippen LogP contribution in [0.15, 0.2) is 42.5 Å². The molecule has 0 radical (unpaired) electrons. The maximum atomic E-state index is 11.3. The second-order valence-corrected chi connectivity index (χ2v) is 5.06. The summed E-state index contributed by atoms with van der Waals surface area (Å²) in [4.78, 5) is 22.2. The van der Waals surface area contributed by atoms with Crippen LogP contribution in [0.1, 0.15) is 12.0 Å². The first kappa shape index (κ1) is 15.0.